The number of urea groups is 1. The van der Waals surface area contributed by atoms with Crippen LogP contribution in [0.1, 0.15) is 58.1 Å². The van der Waals surface area contributed by atoms with Crippen molar-refractivity contribution < 1.29 is 18.7 Å². The Bertz CT molecular complexity index is 894. The van der Waals surface area contributed by atoms with Crippen LogP contribution in [0.5, 0.6) is 0 Å². The molecule has 1 saturated heterocycles. The van der Waals surface area contributed by atoms with Crippen LogP contribution in [0.3, 0.4) is 0 Å². The number of thiophene rings is 1. The van der Waals surface area contributed by atoms with Gasteiger partial charge in [-0.05, 0) is 61.8 Å². The summed E-state index contributed by atoms with van der Waals surface area (Å²) >= 11 is 1.48. The molecule has 1 aromatic carbocycles. The van der Waals surface area contributed by atoms with E-state index < -0.39 is 5.97 Å². The molecule has 1 aliphatic heterocycles. The Morgan fingerprint density at radius 1 is 1.18 bits per heavy atom. The van der Waals surface area contributed by atoms with E-state index in [0.29, 0.717) is 17.1 Å². The number of nitrogens with one attached hydrogen (secondary N) is 1. The molecule has 0 radical (unpaired) electrons. The number of hydrogen-bond donors (Lipinski definition) is 1. The topological polar surface area (TPSA) is 58.6 Å². The Hall–Kier alpha value is -2.41. The van der Waals surface area contributed by atoms with Crippen molar-refractivity contribution in [2.45, 2.75) is 44.6 Å². The van der Waals surface area contributed by atoms with E-state index in [-0.39, 0.29) is 17.9 Å². The fourth-order valence-electron chi connectivity index (χ4n) is 4.18. The average Bonchev–Trinajstić information content (AvgIpc) is 3.32. The zero-order valence-corrected chi connectivity index (χ0v) is 16.6. The van der Waals surface area contributed by atoms with Crippen molar-refractivity contribution in [3.8, 4) is 0 Å². The van der Waals surface area contributed by atoms with E-state index in [4.69, 9.17) is 4.74 Å². The van der Waals surface area contributed by atoms with Crippen LogP contribution in [-0.2, 0) is 17.6 Å². The van der Waals surface area contributed by atoms with E-state index in [1.807, 2.05) is 0 Å². The lowest BCUT2D eigenvalue weighted by molar-refractivity contribution is 0.0601. The second-order valence-electron chi connectivity index (χ2n) is 7.24. The van der Waals surface area contributed by atoms with Crippen molar-refractivity contribution in [2.24, 2.45) is 0 Å². The summed E-state index contributed by atoms with van der Waals surface area (Å²) in [6.45, 7) is 0.631. The first-order chi connectivity index (χ1) is 13.6. The predicted molar refractivity (Wildman–Crippen MR) is 106 cm³/mol. The highest BCUT2D eigenvalue weighted by Crippen LogP contribution is 2.39. The van der Waals surface area contributed by atoms with Crippen LogP contribution in [0.4, 0.5) is 14.2 Å². The Kier molecular flexibility index (Phi) is 5.35. The number of esters is 1. The molecule has 28 heavy (non-hydrogen) atoms. The molecule has 0 saturated carbocycles. The molecule has 1 fully saturated rings. The number of aryl methyl sites for hydroxylation is 1. The third kappa shape index (κ3) is 3.51. The van der Waals surface area contributed by atoms with Crippen molar-refractivity contribution in [3.05, 3.63) is 51.7 Å². The maximum atomic E-state index is 13.2. The molecule has 7 heteroatoms. The predicted octanol–water partition coefficient (Wildman–Crippen LogP) is 4.92. The summed E-state index contributed by atoms with van der Waals surface area (Å²) in [5, 5.41) is 3.54. The van der Waals surface area contributed by atoms with Gasteiger partial charge in [0.15, 0.2) is 0 Å². The Balaban J connectivity index is 1.58. The number of carbonyl (C=O) groups is 2. The molecule has 0 spiro atoms. The maximum Gasteiger partial charge on any atom is 0.341 e. The second-order valence-corrected chi connectivity index (χ2v) is 8.34. The Labute approximate surface area is 167 Å². The second kappa shape index (κ2) is 7.91. The largest absolute Gasteiger partial charge is 0.465 e. The van der Waals surface area contributed by atoms with Crippen LogP contribution in [-0.4, -0.2) is 30.6 Å². The van der Waals surface area contributed by atoms with Gasteiger partial charge < -0.3 is 9.64 Å². The summed E-state index contributed by atoms with van der Waals surface area (Å²) in [6.07, 6.45) is 5.64. The van der Waals surface area contributed by atoms with Crippen molar-refractivity contribution in [2.75, 3.05) is 19.0 Å². The number of halogens is 1. The number of nitrogens with zero attached hydrogens (tertiary/aromatic N) is 1. The summed E-state index contributed by atoms with van der Waals surface area (Å²) < 4.78 is 18.2. The van der Waals surface area contributed by atoms with Crippen LogP contribution in [0.25, 0.3) is 0 Å². The lowest BCUT2D eigenvalue weighted by atomic mass is 9.95. The third-order valence-electron chi connectivity index (χ3n) is 5.55. The normalized spacial score (nSPS) is 18.6. The summed E-state index contributed by atoms with van der Waals surface area (Å²) in [4.78, 5) is 28.3. The molecule has 2 heterocycles. The van der Waals surface area contributed by atoms with E-state index >= 15 is 0 Å². The summed E-state index contributed by atoms with van der Waals surface area (Å²) in [6, 6.07) is 6.00. The number of likely N-dealkylation sites (tertiary alicyclic amines) is 1. The van der Waals surface area contributed by atoms with Gasteiger partial charge >= 0.3 is 12.0 Å². The zero-order chi connectivity index (χ0) is 19.7. The lowest BCUT2D eigenvalue weighted by Crippen LogP contribution is -2.34. The molecule has 148 valence electrons. The fourth-order valence-corrected chi connectivity index (χ4v) is 5.45. The number of fused-ring (bicyclic) bond motifs is 1. The highest BCUT2D eigenvalue weighted by atomic mass is 32.1. The Morgan fingerprint density at radius 2 is 1.93 bits per heavy atom. The highest BCUT2D eigenvalue weighted by Gasteiger charge is 2.32. The monoisotopic (exact) mass is 402 g/mol. The van der Waals surface area contributed by atoms with Gasteiger partial charge in [0.1, 0.15) is 10.8 Å². The van der Waals surface area contributed by atoms with Gasteiger partial charge in [0, 0.05) is 11.4 Å². The number of amides is 2. The zero-order valence-electron chi connectivity index (χ0n) is 15.8. The molecule has 1 N–H and O–H groups in total. The van der Waals surface area contributed by atoms with E-state index in [2.05, 4.69) is 5.32 Å². The molecule has 1 aliphatic carbocycles. The molecule has 1 aromatic heterocycles. The number of rotatable bonds is 3. The maximum absolute atomic E-state index is 13.2. The standard InChI is InChI=1S/C21H23FN2O3S/c1-27-20(25)18-15-5-2-3-7-17(15)28-19(18)23-21(26)24-12-4-6-16(24)13-8-10-14(22)11-9-13/h8-11,16H,2-7,12H2,1H3,(H,23,26). The minimum absolute atomic E-state index is 0.0863. The van der Waals surface area contributed by atoms with Crippen LogP contribution in [0, 0.1) is 5.82 Å². The highest BCUT2D eigenvalue weighted by molar-refractivity contribution is 7.17. The van der Waals surface area contributed by atoms with Gasteiger partial charge in [-0.2, -0.15) is 0 Å². The first-order valence-electron chi connectivity index (χ1n) is 9.64. The van der Waals surface area contributed by atoms with Gasteiger partial charge in [-0.1, -0.05) is 12.1 Å². The van der Waals surface area contributed by atoms with E-state index in [1.165, 1.54) is 35.5 Å². The minimum Gasteiger partial charge on any atom is -0.465 e. The Morgan fingerprint density at radius 3 is 2.68 bits per heavy atom. The fraction of sp³-hybridized carbons (Fsp3) is 0.429. The lowest BCUT2D eigenvalue weighted by Gasteiger charge is -2.25. The first kappa shape index (κ1) is 18.9. The quantitative estimate of drug-likeness (QED) is 0.741. The number of benzene rings is 1. The van der Waals surface area contributed by atoms with E-state index in [9.17, 15) is 14.0 Å². The molecular formula is C21H23FN2O3S. The summed E-state index contributed by atoms with van der Waals surface area (Å²) in [5.74, 6) is -0.684. The molecular weight excluding hydrogens is 379 g/mol. The molecule has 0 bridgehead atoms. The molecule has 2 aliphatic rings. The third-order valence-corrected chi connectivity index (χ3v) is 6.76. The van der Waals surface area contributed by atoms with E-state index in [0.717, 1.165) is 49.7 Å². The SMILES string of the molecule is COC(=O)c1c(NC(=O)N2CCCC2c2ccc(F)cc2)sc2c1CCCC2. The van der Waals surface area contributed by atoms with Gasteiger partial charge in [-0.25, -0.2) is 14.0 Å². The number of methoxy groups -OCH3 is 1. The molecule has 4 rings (SSSR count). The van der Waals surface area contributed by atoms with Gasteiger partial charge in [-0.15, -0.1) is 11.3 Å². The van der Waals surface area contributed by atoms with Gasteiger partial charge in [0.05, 0.1) is 18.7 Å². The number of hydrogen-bond acceptors (Lipinski definition) is 4. The van der Waals surface area contributed by atoms with Crippen LogP contribution in [0.15, 0.2) is 24.3 Å². The van der Waals surface area contributed by atoms with Crippen LogP contribution < -0.4 is 5.32 Å². The summed E-state index contributed by atoms with van der Waals surface area (Å²) in [7, 11) is 1.37. The summed E-state index contributed by atoms with van der Waals surface area (Å²) in [5.41, 5.74) is 2.45. The molecule has 2 amide bonds. The molecule has 1 unspecified atom stereocenters. The first-order valence-corrected chi connectivity index (χ1v) is 10.5. The van der Waals surface area contributed by atoms with Crippen molar-refractivity contribution >= 4 is 28.3 Å². The number of ether oxygens (including phenoxy) is 1. The smallest absolute Gasteiger partial charge is 0.341 e. The molecule has 5 nitrogen and oxygen atoms in total. The molecule has 1 atom stereocenters. The van der Waals surface area contributed by atoms with Crippen LogP contribution in [0.2, 0.25) is 0 Å². The van der Waals surface area contributed by atoms with Crippen molar-refractivity contribution in [3.63, 3.8) is 0 Å². The van der Waals surface area contributed by atoms with Gasteiger partial charge in [0.2, 0.25) is 0 Å². The van der Waals surface area contributed by atoms with Crippen LogP contribution >= 0.6 is 11.3 Å². The van der Waals surface area contributed by atoms with Gasteiger partial charge in [-0.3, -0.25) is 5.32 Å². The van der Waals surface area contributed by atoms with Gasteiger partial charge in [0.25, 0.3) is 0 Å². The van der Waals surface area contributed by atoms with E-state index in [1.54, 1.807) is 17.0 Å². The number of carbonyl (C=O) groups excluding carboxylic acids is 2. The van der Waals surface area contributed by atoms with Crippen molar-refractivity contribution in [1.29, 1.82) is 0 Å². The number of anilines is 1. The average molecular weight is 402 g/mol. The van der Waals surface area contributed by atoms with Crippen molar-refractivity contribution in [1.82, 2.24) is 4.90 Å². The molecule has 2 aromatic rings. The minimum atomic E-state index is -0.397.